The summed E-state index contributed by atoms with van der Waals surface area (Å²) in [5.41, 5.74) is 6.14. The summed E-state index contributed by atoms with van der Waals surface area (Å²) in [6, 6.07) is 1.33. The lowest BCUT2D eigenvalue weighted by Crippen LogP contribution is -2.62. The maximum atomic E-state index is 12.8. The number of carbonyl (C=O) groups excluding carboxylic acids is 1. The smallest absolute Gasteiger partial charge is 0.313 e. The number of unbranched alkanes of at least 4 members (excludes halogenated alkanes) is 6. The van der Waals surface area contributed by atoms with Gasteiger partial charge < -0.3 is 5.73 Å². The minimum atomic E-state index is 0.326. The van der Waals surface area contributed by atoms with E-state index in [0.29, 0.717) is 28.5 Å². The summed E-state index contributed by atoms with van der Waals surface area (Å²) in [5.74, 6) is 0.478. The van der Waals surface area contributed by atoms with E-state index in [1.165, 1.54) is 44.9 Å². The molecule has 126 valence electrons. The van der Waals surface area contributed by atoms with Gasteiger partial charge in [0, 0.05) is 31.7 Å². The summed E-state index contributed by atoms with van der Waals surface area (Å²) in [7, 11) is 2.19. The van der Waals surface area contributed by atoms with Crippen LogP contribution in [0.4, 0.5) is 0 Å². The first-order valence-corrected chi connectivity index (χ1v) is 9.34. The lowest BCUT2D eigenvalue weighted by molar-refractivity contribution is -0.877. The van der Waals surface area contributed by atoms with Crippen LogP contribution in [0.2, 0.25) is 0 Å². The minimum absolute atomic E-state index is 0.326. The maximum Gasteiger partial charge on any atom is 0.313 e. The number of hydrogen-bond donors (Lipinski definition) is 1. The van der Waals surface area contributed by atoms with E-state index in [-0.39, 0.29) is 0 Å². The zero-order chi connectivity index (χ0) is 16.0. The third-order valence-corrected chi connectivity index (χ3v) is 6.09. The number of rotatable bonds is 9. The summed E-state index contributed by atoms with van der Waals surface area (Å²) >= 11 is 0. The van der Waals surface area contributed by atoms with Crippen molar-refractivity contribution in [2.45, 2.75) is 95.2 Å². The molecule has 2 bridgehead atoms. The molecule has 2 fully saturated rings. The number of hydrogen-bond acceptors (Lipinski definition) is 2. The third kappa shape index (κ3) is 3.99. The molecule has 2 saturated heterocycles. The van der Waals surface area contributed by atoms with Crippen LogP contribution in [0, 0.1) is 0 Å². The van der Waals surface area contributed by atoms with Gasteiger partial charge in [-0.1, -0.05) is 31.8 Å². The van der Waals surface area contributed by atoms with Gasteiger partial charge in [0.15, 0.2) is 0 Å². The highest BCUT2D eigenvalue weighted by Gasteiger charge is 2.54. The summed E-state index contributed by atoms with van der Waals surface area (Å²) in [4.78, 5) is 12.8. The quantitative estimate of drug-likeness (QED) is 0.398. The average Bonchev–Trinajstić information content (AvgIpc) is 2.69. The van der Waals surface area contributed by atoms with Crippen molar-refractivity contribution in [3.05, 3.63) is 12.7 Å². The van der Waals surface area contributed by atoms with Crippen molar-refractivity contribution in [2.75, 3.05) is 7.05 Å². The van der Waals surface area contributed by atoms with E-state index in [0.717, 1.165) is 32.1 Å². The van der Waals surface area contributed by atoms with Crippen LogP contribution in [-0.2, 0) is 4.79 Å². The second-order valence-electron chi connectivity index (χ2n) is 7.61. The predicted octanol–water partition coefficient (Wildman–Crippen LogP) is 3.92. The van der Waals surface area contributed by atoms with Crippen molar-refractivity contribution in [2.24, 2.45) is 5.73 Å². The molecular formula is C19H35N2O+. The Labute approximate surface area is 136 Å². The Morgan fingerprint density at radius 3 is 2.23 bits per heavy atom. The van der Waals surface area contributed by atoms with Gasteiger partial charge in [0.05, 0.1) is 25.6 Å². The fraction of sp³-hybridized carbons (Fsp3) is 0.842. The molecule has 3 nitrogen and oxygen atoms in total. The molecule has 2 aliphatic heterocycles. The standard InChI is InChI=1S/C19H35N2O/c1-3-4-5-6-7-8-9-10-11-19(22)21(2)17-12-13-18(21)15-16(20)14-17/h3,16-18H,1,4-15,20H2,2H3/q+1. The summed E-state index contributed by atoms with van der Waals surface area (Å²) in [6.07, 6.45) is 15.8. The maximum absolute atomic E-state index is 12.8. The van der Waals surface area contributed by atoms with E-state index in [1.807, 2.05) is 6.08 Å². The van der Waals surface area contributed by atoms with Gasteiger partial charge in [-0.2, -0.15) is 0 Å². The van der Waals surface area contributed by atoms with Crippen molar-refractivity contribution < 1.29 is 9.28 Å². The molecule has 0 radical (unpaired) electrons. The van der Waals surface area contributed by atoms with Crippen LogP contribution in [0.15, 0.2) is 12.7 Å². The SMILES string of the molecule is C=CCCCCCCCCC(=O)[N+]1(C)C2CCC1CC(N)C2. The summed E-state index contributed by atoms with van der Waals surface area (Å²) < 4.78 is 0.701. The highest BCUT2D eigenvalue weighted by atomic mass is 16.2. The van der Waals surface area contributed by atoms with E-state index in [4.69, 9.17) is 5.73 Å². The number of quaternary nitrogens is 1. The first-order chi connectivity index (χ1) is 10.6. The van der Waals surface area contributed by atoms with Crippen LogP contribution in [0.1, 0.15) is 77.0 Å². The molecule has 2 N–H and O–H groups in total. The second-order valence-corrected chi connectivity index (χ2v) is 7.61. The number of allylic oxidation sites excluding steroid dienone is 1. The van der Waals surface area contributed by atoms with Crippen LogP contribution in [0.3, 0.4) is 0 Å². The molecule has 0 saturated carbocycles. The van der Waals surface area contributed by atoms with Crippen molar-refractivity contribution >= 4 is 5.91 Å². The van der Waals surface area contributed by atoms with E-state index < -0.39 is 0 Å². The molecule has 1 amide bonds. The van der Waals surface area contributed by atoms with E-state index >= 15 is 0 Å². The molecule has 2 heterocycles. The van der Waals surface area contributed by atoms with Gasteiger partial charge in [-0.3, -0.25) is 4.48 Å². The Morgan fingerprint density at radius 1 is 1.09 bits per heavy atom. The Hall–Kier alpha value is -0.670. The fourth-order valence-electron chi connectivity index (χ4n) is 4.61. The van der Waals surface area contributed by atoms with E-state index in [1.54, 1.807) is 0 Å². The Balaban J connectivity index is 1.66. The molecule has 3 heteroatoms. The van der Waals surface area contributed by atoms with E-state index in [9.17, 15) is 4.79 Å². The Kier molecular flexibility index (Phi) is 6.64. The molecule has 22 heavy (non-hydrogen) atoms. The van der Waals surface area contributed by atoms with Crippen molar-refractivity contribution in [3.63, 3.8) is 0 Å². The number of fused-ring (bicyclic) bond motifs is 2. The number of carbonyl (C=O) groups is 1. The molecule has 2 atom stereocenters. The Morgan fingerprint density at radius 2 is 1.64 bits per heavy atom. The Bertz CT molecular complexity index is 366. The van der Waals surface area contributed by atoms with Crippen molar-refractivity contribution in [1.82, 2.24) is 0 Å². The summed E-state index contributed by atoms with van der Waals surface area (Å²) in [6.45, 7) is 3.75. The van der Waals surface area contributed by atoms with Gasteiger partial charge in [0.25, 0.3) is 0 Å². The highest BCUT2D eigenvalue weighted by molar-refractivity contribution is 5.69. The molecule has 0 aromatic carbocycles. The lowest BCUT2D eigenvalue weighted by atomic mass is 9.94. The number of amides is 1. The van der Waals surface area contributed by atoms with Crippen molar-refractivity contribution in [1.29, 1.82) is 0 Å². The topological polar surface area (TPSA) is 43.1 Å². The van der Waals surface area contributed by atoms with Gasteiger partial charge in [-0.25, -0.2) is 4.79 Å². The van der Waals surface area contributed by atoms with Gasteiger partial charge in [0.2, 0.25) is 0 Å². The molecular weight excluding hydrogens is 272 g/mol. The third-order valence-electron chi connectivity index (χ3n) is 6.09. The largest absolute Gasteiger partial charge is 0.327 e. The molecule has 0 aromatic rings. The highest BCUT2D eigenvalue weighted by Crippen LogP contribution is 2.41. The molecule has 2 aliphatic rings. The molecule has 0 spiro atoms. The average molecular weight is 308 g/mol. The normalized spacial score (nSPS) is 33.8. The zero-order valence-electron chi connectivity index (χ0n) is 14.4. The predicted molar refractivity (Wildman–Crippen MR) is 92.3 cm³/mol. The molecule has 0 aliphatic carbocycles. The van der Waals surface area contributed by atoms with Crippen LogP contribution in [0.5, 0.6) is 0 Å². The number of nitrogens with zero attached hydrogens (tertiary/aromatic N) is 1. The van der Waals surface area contributed by atoms with Crippen LogP contribution >= 0.6 is 0 Å². The summed E-state index contributed by atoms with van der Waals surface area (Å²) in [5, 5.41) is 0. The van der Waals surface area contributed by atoms with Gasteiger partial charge in [-0.05, 0) is 19.3 Å². The second kappa shape index (κ2) is 8.26. The van der Waals surface area contributed by atoms with E-state index in [2.05, 4.69) is 13.6 Å². The van der Waals surface area contributed by atoms with Gasteiger partial charge in [-0.15, -0.1) is 6.58 Å². The molecule has 0 aromatic heterocycles. The molecule has 2 rings (SSSR count). The van der Waals surface area contributed by atoms with Crippen LogP contribution in [-0.4, -0.2) is 35.6 Å². The fourth-order valence-corrected chi connectivity index (χ4v) is 4.61. The monoisotopic (exact) mass is 307 g/mol. The van der Waals surface area contributed by atoms with Crippen LogP contribution < -0.4 is 5.73 Å². The first-order valence-electron chi connectivity index (χ1n) is 9.34. The van der Waals surface area contributed by atoms with Gasteiger partial charge in [0.1, 0.15) is 0 Å². The lowest BCUT2D eigenvalue weighted by Gasteiger charge is -2.44. The number of piperidine rings is 1. The first kappa shape index (κ1) is 17.7. The minimum Gasteiger partial charge on any atom is -0.327 e. The number of nitrogens with two attached hydrogens (primary N) is 1. The molecule has 2 unspecified atom stereocenters. The zero-order valence-corrected chi connectivity index (χ0v) is 14.4. The van der Waals surface area contributed by atoms with Crippen LogP contribution in [0.25, 0.3) is 0 Å². The van der Waals surface area contributed by atoms with Crippen molar-refractivity contribution in [3.8, 4) is 0 Å². The van der Waals surface area contributed by atoms with Gasteiger partial charge >= 0.3 is 5.91 Å².